The number of carbonyl (C=O) groups excluding carboxylic acids is 3. The molecule has 7 heteroatoms. The Kier molecular flexibility index (Phi) is 6.48. The molecule has 0 unspecified atom stereocenters. The zero-order valence-corrected chi connectivity index (χ0v) is 20.8. The third-order valence-corrected chi connectivity index (χ3v) is 7.16. The van der Waals surface area contributed by atoms with Gasteiger partial charge in [0.05, 0.1) is 4.91 Å². The molecule has 1 N–H and O–H groups in total. The lowest BCUT2D eigenvalue weighted by molar-refractivity contribution is -0.127. The lowest BCUT2D eigenvalue weighted by atomic mass is 10.1. The van der Waals surface area contributed by atoms with Gasteiger partial charge in [-0.1, -0.05) is 66.2 Å². The Morgan fingerprint density at radius 2 is 1.61 bits per heavy atom. The van der Waals surface area contributed by atoms with Crippen molar-refractivity contribution in [2.45, 2.75) is 20.4 Å². The molecule has 36 heavy (non-hydrogen) atoms. The number of nitrogens with one attached hydrogen (secondary N) is 1. The summed E-state index contributed by atoms with van der Waals surface area (Å²) in [5, 5.41) is 3.31. The molecule has 0 bridgehead atoms. The first kappa shape index (κ1) is 23.6. The molecule has 3 amide bonds. The van der Waals surface area contributed by atoms with Crippen LogP contribution in [0.1, 0.15) is 22.4 Å². The van der Waals surface area contributed by atoms with Crippen molar-refractivity contribution < 1.29 is 14.4 Å². The number of benzene rings is 3. The van der Waals surface area contributed by atoms with Gasteiger partial charge in [-0.15, -0.1) is 0 Å². The Bertz CT molecular complexity index is 1500. The van der Waals surface area contributed by atoms with Crippen molar-refractivity contribution in [3.05, 3.63) is 106 Å². The Balaban J connectivity index is 1.40. The normalized spacial score (nSPS) is 14.7. The standard InChI is InChI=1S/C29H25N3O3S/c1-19-12-14-22(15-13-19)30-27(33)18-32-28(34)26(36-29(32)35)16-24-20(2)31(17-21-8-4-3-5-9-21)25-11-7-6-10-23(24)25/h3-16H,17-18H2,1-2H3,(H,30,33). The third-order valence-electron chi connectivity index (χ3n) is 6.25. The molecular formula is C29H25N3O3S. The number of hydrogen-bond acceptors (Lipinski definition) is 4. The number of imide groups is 1. The summed E-state index contributed by atoms with van der Waals surface area (Å²) in [6, 6.07) is 25.6. The number of carbonyl (C=O) groups is 3. The number of thioether (sulfide) groups is 1. The van der Waals surface area contributed by atoms with Crippen LogP contribution in [0.2, 0.25) is 0 Å². The van der Waals surface area contributed by atoms with Crippen LogP contribution >= 0.6 is 11.8 Å². The molecule has 0 aliphatic carbocycles. The van der Waals surface area contributed by atoms with Gasteiger partial charge in [0, 0.05) is 34.4 Å². The zero-order chi connectivity index (χ0) is 25.2. The summed E-state index contributed by atoms with van der Waals surface area (Å²) < 4.78 is 2.22. The van der Waals surface area contributed by atoms with Gasteiger partial charge in [-0.05, 0) is 55.4 Å². The Morgan fingerprint density at radius 3 is 2.36 bits per heavy atom. The molecule has 2 heterocycles. The summed E-state index contributed by atoms with van der Waals surface area (Å²) in [5.74, 6) is -0.874. The minimum Gasteiger partial charge on any atom is -0.340 e. The van der Waals surface area contributed by atoms with Crippen LogP contribution in [-0.4, -0.2) is 33.1 Å². The Morgan fingerprint density at radius 1 is 0.917 bits per heavy atom. The first-order valence-corrected chi connectivity index (χ1v) is 12.5. The third kappa shape index (κ3) is 4.70. The van der Waals surface area contributed by atoms with Crippen molar-refractivity contribution in [2.24, 2.45) is 0 Å². The van der Waals surface area contributed by atoms with E-state index in [-0.39, 0.29) is 6.54 Å². The lowest BCUT2D eigenvalue weighted by Crippen LogP contribution is -2.36. The largest absolute Gasteiger partial charge is 0.340 e. The van der Waals surface area contributed by atoms with Crippen LogP contribution in [0.25, 0.3) is 17.0 Å². The summed E-state index contributed by atoms with van der Waals surface area (Å²) in [6.45, 7) is 4.35. The van der Waals surface area contributed by atoms with E-state index in [2.05, 4.69) is 28.1 Å². The van der Waals surface area contributed by atoms with Gasteiger partial charge in [-0.2, -0.15) is 0 Å². The average Bonchev–Trinajstić information content (AvgIpc) is 3.29. The number of hydrogen-bond donors (Lipinski definition) is 1. The van der Waals surface area contributed by atoms with Gasteiger partial charge in [0.25, 0.3) is 11.1 Å². The highest BCUT2D eigenvalue weighted by molar-refractivity contribution is 8.18. The molecule has 180 valence electrons. The quantitative estimate of drug-likeness (QED) is 0.334. The number of aryl methyl sites for hydroxylation is 1. The van der Waals surface area contributed by atoms with E-state index in [4.69, 9.17) is 0 Å². The predicted molar refractivity (Wildman–Crippen MR) is 145 cm³/mol. The molecule has 1 aromatic heterocycles. The van der Waals surface area contributed by atoms with E-state index < -0.39 is 17.1 Å². The monoisotopic (exact) mass is 495 g/mol. The molecule has 0 radical (unpaired) electrons. The van der Waals surface area contributed by atoms with Gasteiger partial charge in [0.1, 0.15) is 6.54 Å². The second-order valence-corrected chi connectivity index (χ2v) is 9.76. The molecule has 0 spiro atoms. The number of aromatic nitrogens is 1. The molecule has 6 nitrogen and oxygen atoms in total. The Labute approximate surface area is 213 Å². The average molecular weight is 496 g/mol. The van der Waals surface area contributed by atoms with Crippen molar-refractivity contribution in [3.8, 4) is 0 Å². The van der Waals surface area contributed by atoms with Crippen LogP contribution in [0, 0.1) is 13.8 Å². The molecule has 1 saturated heterocycles. The maximum atomic E-state index is 13.1. The van der Waals surface area contributed by atoms with Crippen LogP contribution in [0.5, 0.6) is 0 Å². The van der Waals surface area contributed by atoms with E-state index in [0.29, 0.717) is 17.1 Å². The number of anilines is 1. The summed E-state index contributed by atoms with van der Waals surface area (Å²) in [7, 11) is 0. The molecule has 3 aromatic carbocycles. The van der Waals surface area contributed by atoms with Crippen LogP contribution in [0.4, 0.5) is 10.5 Å². The van der Waals surface area contributed by atoms with E-state index >= 15 is 0 Å². The fourth-order valence-electron chi connectivity index (χ4n) is 4.36. The summed E-state index contributed by atoms with van der Waals surface area (Å²) in [4.78, 5) is 39.6. The fraction of sp³-hybridized carbons (Fsp3) is 0.138. The molecule has 0 saturated carbocycles. The fourth-order valence-corrected chi connectivity index (χ4v) is 5.18. The Hall–Kier alpha value is -4.10. The molecule has 1 aliphatic heterocycles. The summed E-state index contributed by atoms with van der Waals surface area (Å²) in [5.41, 5.74) is 5.83. The van der Waals surface area contributed by atoms with E-state index in [1.807, 2.05) is 62.4 Å². The molecule has 5 rings (SSSR count). The molecule has 1 fully saturated rings. The topological polar surface area (TPSA) is 71.4 Å². The minimum absolute atomic E-state index is 0.314. The van der Waals surface area contributed by atoms with Gasteiger partial charge in [-0.3, -0.25) is 19.3 Å². The maximum absolute atomic E-state index is 13.1. The summed E-state index contributed by atoms with van der Waals surface area (Å²) >= 11 is 0.867. The SMILES string of the molecule is Cc1ccc(NC(=O)CN2C(=O)SC(=Cc3c(C)n(Cc4ccccc4)c4ccccc34)C2=O)cc1. The van der Waals surface area contributed by atoms with E-state index in [0.717, 1.165) is 44.4 Å². The molecule has 1 aliphatic rings. The highest BCUT2D eigenvalue weighted by Crippen LogP contribution is 2.35. The van der Waals surface area contributed by atoms with Crippen LogP contribution in [0.3, 0.4) is 0 Å². The molecule has 0 atom stereocenters. The maximum Gasteiger partial charge on any atom is 0.294 e. The van der Waals surface area contributed by atoms with Gasteiger partial charge < -0.3 is 9.88 Å². The molecular weight excluding hydrogens is 470 g/mol. The smallest absolute Gasteiger partial charge is 0.294 e. The number of fused-ring (bicyclic) bond motifs is 1. The number of para-hydroxylation sites is 1. The second-order valence-electron chi connectivity index (χ2n) is 8.77. The van der Waals surface area contributed by atoms with Gasteiger partial charge >= 0.3 is 0 Å². The first-order chi connectivity index (χ1) is 17.4. The minimum atomic E-state index is -0.455. The van der Waals surface area contributed by atoms with Gasteiger partial charge in [0.2, 0.25) is 5.91 Å². The highest BCUT2D eigenvalue weighted by atomic mass is 32.2. The van der Waals surface area contributed by atoms with Crippen LogP contribution in [-0.2, 0) is 16.1 Å². The number of amides is 3. The van der Waals surface area contributed by atoms with Crippen molar-refractivity contribution in [1.29, 1.82) is 0 Å². The van der Waals surface area contributed by atoms with Gasteiger partial charge in [-0.25, -0.2) is 0 Å². The van der Waals surface area contributed by atoms with Crippen molar-refractivity contribution >= 4 is 51.5 Å². The van der Waals surface area contributed by atoms with Crippen LogP contribution < -0.4 is 5.32 Å². The van der Waals surface area contributed by atoms with E-state index in [9.17, 15) is 14.4 Å². The van der Waals surface area contributed by atoms with Crippen LogP contribution in [0.15, 0.2) is 83.8 Å². The summed E-state index contributed by atoms with van der Waals surface area (Å²) in [6.07, 6.45) is 1.78. The van der Waals surface area contributed by atoms with Crippen molar-refractivity contribution in [1.82, 2.24) is 9.47 Å². The number of rotatable bonds is 6. The zero-order valence-electron chi connectivity index (χ0n) is 20.0. The van der Waals surface area contributed by atoms with Crippen molar-refractivity contribution in [2.75, 3.05) is 11.9 Å². The van der Waals surface area contributed by atoms with Crippen molar-refractivity contribution in [3.63, 3.8) is 0 Å². The van der Waals surface area contributed by atoms with E-state index in [1.165, 1.54) is 5.56 Å². The first-order valence-electron chi connectivity index (χ1n) is 11.6. The van der Waals surface area contributed by atoms with Gasteiger partial charge in [0.15, 0.2) is 0 Å². The second kappa shape index (κ2) is 9.87. The predicted octanol–water partition coefficient (Wildman–Crippen LogP) is 5.98. The number of nitrogens with zero attached hydrogens (tertiary/aromatic N) is 2. The molecule has 4 aromatic rings. The lowest BCUT2D eigenvalue weighted by Gasteiger charge is -2.12. The van der Waals surface area contributed by atoms with E-state index in [1.54, 1.807) is 18.2 Å². The highest BCUT2D eigenvalue weighted by Gasteiger charge is 2.36.